The molecule has 0 aliphatic carbocycles. The first-order valence-corrected chi connectivity index (χ1v) is 6.07. The minimum Gasteiger partial charge on any atom is -0.495 e. The Bertz CT molecular complexity index is 420. The van der Waals surface area contributed by atoms with Crippen molar-refractivity contribution in [2.45, 2.75) is 18.9 Å². The van der Waals surface area contributed by atoms with Gasteiger partial charge in [0.05, 0.1) is 19.4 Å². The van der Waals surface area contributed by atoms with Crippen LogP contribution in [-0.4, -0.2) is 32.4 Å². The molecule has 0 radical (unpaired) electrons. The van der Waals surface area contributed by atoms with Crippen molar-refractivity contribution in [2.24, 2.45) is 5.73 Å². The van der Waals surface area contributed by atoms with Gasteiger partial charge < -0.3 is 15.2 Å². The average Bonchev–Trinajstić information content (AvgIpc) is 2.39. The van der Waals surface area contributed by atoms with Gasteiger partial charge in [0.1, 0.15) is 5.75 Å². The van der Waals surface area contributed by atoms with E-state index in [4.69, 9.17) is 15.2 Å². The molecule has 1 amide bonds. The van der Waals surface area contributed by atoms with Gasteiger partial charge in [0.15, 0.2) is 0 Å². The van der Waals surface area contributed by atoms with Gasteiger partial charge in [-0.2, -0.15) is 0 Å². The monoisotopic (exact) mass is 250 g/mol. The Morgan fingerprint density at radius 1 is 1.50 bits per heavy atom. The van der Waals surface area contributed by atoms with Crippen molar-refractivity contribution in [3.05, 3.63) is 24.3 Å². The average molecular weight is 250 g/mol. The van der Waals surface area contributed by atoms with Crippen LogP contribution in [0.15, 0.2) is 24.3 Å². The SMILES string of the molecule is COc1ccccc1N1C(=O)OCCC1CCN. The van der Waals surface area contributed by atoms with Gasteiger partial charge in [-0.15, -0.1) is 0 Å². The predicted molar refractivity (Wildman–Crippen MR) is 68.9 cm³/mol. The molecule has 1 heterocycles. The summed E-state index contributed by atoms with van der Waals surface area (Å²) in [6.07, 6.45) is 1.22. The first-order chi connectivity index (χ1) is 8.77. The summed E-state index contributed by atoms with van der Waals surface area (Å²) >= 11 is 0. The zero-order valence-corrected chi connectivity index (χ0v) is 10.5. The standard InChI is InChI=1S/C13H18N2O3/c1-17-12-5-3-2-4-11(12)15-10(6-8-14)7-9-18-13(15)16/h2-5,10H,6-9,14H2,1H3. The number of nitrogens with zero attached hydrogens (tertiary/aromatic N) is 1. The van der Waals surface area contributed by atoms with Crippen molar-refractivity contribution in [1.29, 1.82) is 0 Å². The highest BCUT2D eigenvalue weighted by Crippen LogP contribution is 2.32. The van der Waals surface area contributed by atoms with E-state index < -0.39 is 0 Å². The molecular formula is C13H18N2O3. The molecule has 0 saturated carbocycles. The number of carbonyl (C=O) groups is 1. The number of carbonyl (C=O) groups excluding carboxylic acids is 1. The molecule has 5 heteroatoms. The summed E-state index contributed by atoms with van der Waals surface area (Å²) < 4.78 is 10.4. The molecule has 1 atom stereocenters. The fraction of sp³-hybridized carbons (Fsp3) is 0.462. The van der Waals surface area contributed by atoms with Gasteiger partial charge in [-0.05, 0) is 25.1 Å². The zero-order chi connectivity index (χ0) is 13.0. The minimum absolute atomic E-state index is 0.0764. The Kier molecular flexibility index (Phi) is 4.04. The fourth-order valence-corrected chi connectivity index (χ4v) is 2.22. The van der Waals surface area contributed by atoms with E-state index in [1.807, 2.05) is 24.3 Å². The molecule has 1 fully saturated rings. The molecule has 1 aromatic carbocycles. The summed E-state index contributed by atoms with van der Waals surface area (Å²) in [4.78, 5) is 13.6. The summed E-state index contributed by atoms with van der Waals surface area (Å²) in [5.41, 5.74) is 6.34. The highest BCUT2D eigenvalue weighted by atomic mass is 16.6. The summed E-state index contributed by atoms with van der Waals surface area (Å²) in [5.74, 6) is 0.665. The Hall–Kier alpha value is -1.75. The van der Waals surface area contributed by atoms with E-state index in [1.165, 1.54) is 0 Å². The second-order valence-electron chi connectivity index (χ2n) is 4.18. The number of amides is 1. The number of rotatable bonds is 4. The minimum atomic E-state index is -0.329. The number of hydrogen-bond donors (Lipinski definition) is 1. The van der Waals surface area contributed by atoms with Crippen molar-refractivity contribution in [3.8, 4) is 5.75 Å². The molecule has 0 bridgehead atoms. The van der Waals surface area contributed by atoms with E-state index in [0.717, 1.165) is 18.5 Å². The lowest BCUT2D eigenvalue weighted by Crippen LogP contribution is -2.46. The molecule has 2 N–H and O–H groups in total. The van der Waals surface area contributed by atoms with Crippen LogP contribution < -0.4 is 15.4 Å². The molecule has 1 saturated heterocycles. The van der Waals surface area contributed by atoms with Crippen LogP contribution in [0.3, 0.4) is 0 Å². The maximum atomic E-state index is 12.0. The van der Waals surface area contributed by atoms with Crippen LogP contribution in [0.4, 0.5) is 10.5 Å². The molecule has 98 valence electrons. The Labute approximate surface area is 106 Å². The van der Waals surface area contributed by atoms with Crippen molar-refractivity contribution >= 4 is 11.8 Å². The smallest absolute Gasteiger partial charge is 0.414 e. The quantitative estimate of drug-likeness (QED) is 0.884. The second-order valence-corrected chi connectivity index (χ2v) is 4.18. The van der Waals surface area contributed by atoms with Crippen molar-refractivity contribution in [1.82, 2.24) is 0 Å². The highest BCUT2D eigenvalue weighted by Gasteiger charge is 2.32. The fourth-order valence-electron chi connectivity index (χ4n) is 2.22. The van der Waals surface area contributed by atoms with E-state index >= 15 is 0 Å². The topological polar surface area (TPSA) is 64.8 Å². The number of para-hydroxylation sites is 2. The number of nitrogens with two attached hydrogens (primary N) is 1. The normalized spacial score (nSPS) is 19.6. The van der Waals surface area contributed by atoms with Crippen LogP contribution in [0.2, 0.25) is 0 Å². The van der Waals surface area contributed by atoms with E-state index in [2.05, 4.69) is 0 Å². The van der Waals surface area contributed by atoms with Gasteiger partial charge in [0.2, 0.25) is 0 Å². The lowest BCUT2D eigenvalue weighted by molar-refractivity contribution is 0.128. The molecule has 18 heavy (non-hydrogen) atoms. The predicted octanol–water partition coefficient (Wildman–Crippen LogP) is 1.76. The number of anilines is 1. The van der Waals surface area contributed by atoms with E-state index in [0.29, 0.717) is 18.9 Å². The third-order valence-electron chi connectivity index (χ3n) is 3.08. The van der Waals surface area contributed by atoms with Gasteiger partial charge >= 0.3 is 6.09 Å². The number of methoxy groups -OCH3 is 1. The van der Waals surface area contributed by atoms with Crippen molar-refractivity contribution in [3.63, 3.8) is 0 Å². The third-order valence-corrected chi connectivity index (χ3v) is 3.08. The Balaban J connectivity index is 2.34. The third kappa shape index (κ3) is 2.41. The molecule has 0 aromatic heterocycles. The molecule has 1 unspecified atom stereocenters. The van der Waals surface area contributed by atoms with Crippen molar-refractivity contribution in [2.75, 3.05) is 25.2 Å². The van der Waals surface area contributed by atoms with E-state index in [9.17, 15) is 4.79 Å². The molecule has 5 nitrogen and oxygen atoms in total. The van der Waals surface area contributed by atoms with E-state index in [-0.39, 0.29) is 12.1 Å². The maximum absolute atomic E-state index is 12.0. The summed E-state index contributed by atoms with van der Waals surface area (Å²) in [6, 6.07) is 7.51. The lowest BCUT2D eigenvalue weighted by Gasteiger charge is -2.35. The molecule has 0 spiro atoms. The second kappa shape index (κ2) is 5.73. The Morgan fingerprint density at radius 3 is 3.00 bits per heavy atom. The first kappa shape index (κ1) is 12.7. The van der Waals surface area contributed by atoms with Gasteiger partial charge in [-0.25, -0.2) is 4.79 Å². The van der Waals surface area contributed by atoms with Crippen molar-refractivity contribution < 1.29 is 14.3 Å². The van der Waals surface area contributed by atoms with Gasteiger partial charge in [-0.1, -0.05) is 12.1 Å². The highest BCUT2D eigenvalue weighted by molar-refractivity contribution is 5.90. The van der Waals surface area contributed by atoms with Gasteiger partial charge in [-0.3, -0.25) is 4.90 Å². The van der Waals surface area contributed by atoms with Gasteiger partial charge in [0, 0.05) is 12.5 Å². The molecule has 1 aliphatic rings. The molecular weight excluding hydrogens is 232 g/mol. The van der Waals surface area contributed by atoms with Gasteiger partial charge in [0.25, 0.3) is 0 Å². The molecule has 2 rings (SSSR count). The number of cyclic esters (lactones) is 1. The summed E-state index contributed by atoms with van der Waals surface area (Å²) in [5, 5.41) is 0. The largest absolute Gasteiger partial charge is 0.495 e. The Morgan fingerprint density at radius 2 is 2.28 bits per heavy atom. The van der Waals surface area contributed by atoms with Crippen LogP contribution in [0.1, 0.15) is 12.8 Å². The maximum Gasteiger partial charge on any atom is 0.414 e. The zero-order valence-electron chi connectivity index (χ0n) is 10.5. The van der Waals surface area contributed by atoms with Crippen LogP contribution in [-0.2, 0) is 4.74 Å². The van der Waals surface area contributed by atoms with Crippen LogP contribution in [0, 0.1) is 0 Å². The number of ether oxygens (including phenoxy) is 2. The first-order valence-electron chi connectivity index (χ1n) is 6.07. The van der Waals surface area contributed by atoms with Crippen LogP contribution in [0.5, 0.6) is 5.75 Å². The van der Waals surface area contributed by atoms with Crippen LogP contribution in [0.25, 0.3) is 0 Å². The molecule has 1 aromatic rings. The number of hydrogen-bond acceptors (Lipinski definition) is 4. The summed E-state index contributed by atoms with van der Waals surface area (Å²) in [7, 11) is 1.59. The molecule has 1 aliphatic heterocycles. The summed E-state index contributed by atoms with van der Waals surface area (Å²) in [6.45, 7) is 0.999. The van der Waals surface area contributed by atoms with Crippen LogP contribution >= 0.6 is 0 Å². The number of benzene rings is 1. The lowest BCUT2D eigenvalue weighted by atomic mass is 10.1. The van der Waals surface area contributed by atoms with E-state index in [1.54, 1.807) is 12.0 Å².